The maximum atomic E-state index is 12.6. The molecule has 0 spiro atoms. The number of amides is 1. The van der Waals surface area contributed by atoms with Gasteiger partial charge in [0.2, 0.25) is 5.91 Å². The van der Waals surface area contributed by atoms with Gasteiger partial charge in [0.05, 0.1) is 17.6 Å². The first-order valence-corrected chi connectivity index (χ1v) is 9.28. The van der Waals surface area contributed by atoms with Gasteiger partial charge in [0.25, 0.3) is 0 Å². The highest BCUT2D eigenvalue weighted by molar-refractivity contribution is 6.35. The summed E-state index contributed by atoms with van der Waals surface area (Å²) in [4.78, 5) is 14.8. The number of piperidine rings is 1. The van der Waals surface area contributed by atoms with Crippen LogP contribution in [-0.2, 0) is 11.3 Å². The minimum Gasteiger partial charge on any atom is -0.326 e. The third-order valence-corrected chi connectivity index (χ3v) is 5.29. The highest BCUT2D eigenvalue weighted by atomic mass is 35.5. The van der Waals surface area contributed by atoms with Gasteiger partial charge in [-0.25, -0.2) is 0 Å². The molecule has 4 nitrogen and oxygen atoms in total. The van der Waals surface area contributed by atoms with Crippen molar-refractivity contribution in [1.29, 1.82) is 5.26 Å². The largest absolute Gasteiger partial charge is 0.326 e. The summed E-state index contributed by atoms with van der Waals surface area (Å²) >= 11 is 12.5. The molecule has 0 aromatic heterocycles. The van der Waals surface area contributed by atoms with Crippen LogP contribution >= 0.6 is 23.2 Å². The number of hydrogen-bond acceptors (Lipinski definition) is 3. The molecule has 0 unspecified atom stereocenters. The summed E-state index contributed by atoms with van der Waals surface area (Å²) in [6.07, 6.45) is 1.79. The number of carbonyl (C=O) groups excluding carboxylic acids is 1. The monoisotopic (exact) mass is 387 g/mol. The Labute approximate surface area is 163 Å². The molecule has 1 saturated heterocycles. The van der Waals surface area contributed by atoms with Crippen LogP contribution in [0.15, 0.2) is 42.5 Å². The van der Waals surface area contributed by atoms with E-state index in [2.05, 4.69) is 16.3 Å². The van der Waals surface area contributed by atoms with Crippen LogP contribution in [0.2, 0.25) is 10.0 Å². The Morgan fingerprint density at radius 1 is 1.23 bits per heavy atom. The second kappa shape index (κ2) is 8.55. The van der Waals surface area contributed by atoms with Crippen LogP contribution in [0.5, 0.6) is 0 Å². The molecule has 3 rings (SSSR count). The summed E-state index contributed by atoms with van der Waals surface area (Å²) in [7, 11) is 0. The number of nitriles is 1. The number of benzene rings is 2. The molecule has 1 amide bonds. The Hall–Kier alpha value is -2.06. The van der Waals surface area contributed by atoms with E-state index < -0.39 is 0 Å². The van der Waals surface area contributed by atoms with Gasteiger partial charge in [-0.05, 0) is 49.7 Å². The third kappa shape index (κ3) is 4.56. The molecular weight excluding hydrogens is 369 g/mol. The predicted octanol–water partition coefficient (Wildman–Crippen LogP) is 4.72. The molecule has 0 saturated carbocycles. The van der Waals surface area contributed by atoms with Crippen molar-refractivity contribution in [3.8, 4) is 6.07 Å². The van der Waals surface area contributed by atoms with Gasteiger partial charge in [0, 0.05) is 34.4 Å². The van der Waals surface area contributed by atoms with Crippen molar-refractivity contribution in [3.63, 3.8) is 0 Å². The van der Waals surface area contributed by atoms with E-state index >= 15 is 0 Å². The van der Waals surface area contributed by atoms with Gasteiger partial charge in [0.1, 0.15) is 0 Å². The fourth-order valence-corrected chi connectivity index (χ4v) is 3.75. The lowest BCUT2D eigenvalue weighted by atomic mass is 9.96. The second-order valence-electron chi connectivity index (χ2n) is 6.46. The Kier molecular flexibility index (Phi) is 6.16. The normalized spacial score (nSPS) is 17.5. The first-order valence-electron chi connectivity index (χ1n) is 8.53. The van der Waals surface area contributed by atoms with Crippen LogP contribution < -0.4 is 5.32 Å². The van der Waals surface area contributed by atoms with Crippen LogP contribution in [0.1, 0.15) is 24.0 Å². The zero-order valence-corrected chi connectivity index (χ0v) is 15.7. The maximum absolute atomic E-state index is 12.6. The molecule has 1 N–H and O–H groups in total. The van der Waals surface area contributed by atoms with Gasteiger partial charge >= 0.3 is 0 Å². The van der Waals surface area contributed by atoms with E-state index in [9.17, 15) is 4.79 Å². The molecule has 1 atom stereocenters. The third-order valence-electron chi connectivity index (χ3n) is 4.58. The average molecular weight is 388 g/mol. The van der Waals surface area contributed by atoms with Crippen molar-refractivity contribution in [3.05, 3.63) is 63.6 Å². The molecule has 2 aromatic rings. The van der Waals surface area contributed by atoms with Gasteiger partial charge in [0.15, 0.2) is 0 Å². The highest BCUT2D eigenvalue weighted by Crippen LogP contribution is 2.28. The molecular formula is C20H19Cl2N3O. The van der Waals surface area contributed by atoms with E-state index in [0.717, 1.165) is 24.9 Å². The van der Waals surface area contributed by atoms with E-state index in [-0.39, 0.29) is 11.8 Å². The fourth-order valence-electron chi connectivity index (χ4n) is 3.23. The fraction of sp³-hybridized carbons (Fsp3) is 0.300. The van der Waals surface area contributed by atoms with Gasteiger partial charge in [-0.2, -0.15) is 5.26 Å². The number of likely N-dealkylation sites (tertiary alicyclic amines) is 1. The van der Waals surface area contributed by atoms with Crippen LogP contribution in [0.25, 0.3) is 0 Å². The van der Waals surface area contributed by atoms with E-state index in [4.69, 9.17) is 28.5 Å². The molecule has 134 valence electrons. The van der Waals surface area contributed by atoms with Crippen LogP contribution in [-0.4, -0.2) is 23.9 Å². The topological polar surface area (TPSA) is 56.1 Å². The van der Waals surface area contributed by atoms with Gasteiger partial charge < -0.3 is 5.32 Å². The van der Waals surface area contributed by atoms with Crippen LogP contribution in [0.3, 0.4) is 0 Å². The van der Waals surface area contributed by atoms with Crippen molar-refractivity contribution in [2.45, 2.75) is 19.4 Å². The van der Waals surface area contributed by atoms with Crippen molar-refractivity contribution >= 4 is 34.8 Å². The summed E-state index contributed by atoms with van der Waals surface area (Å²) in [5, 5.41) is 13.2. The second-order valence-corrected chi connectivity index (χ2v) is 7.27. The van der Waals surface area contributed by atoms with Crippen LogP contribution in [0, 0.1) is 17.2 Å². The zero-order chi connectivity index (χ0) is 18.5. The quantitative estimate of drug-likeness (QED) is 0.825. The molecule has 1 aliphatic rings. The number of nitrogens with one attached hydrogen (secondary N) is 1. The Bertz CT molecular complexity index is 827. The summed E-state index contributed by atoms with van der Waals surface area (Å²) in [6, 6.07) is 14.5. The number of hydrogen-bond donors (Lipinski definition) is 1. The zero-order valence-electron chi connectivity index (χ0n) is 14.2. The smallest absolute Gasteiger partial charge is 0.228 e. The Morgan fingerprint density at radius 3 is 2.69 bits per heavy atom. The Morgan fingerprint density at radius 2 is 1.96 bits per heavy atom. The minimum atomic E-state index is -0.101. The van der Waals surface area contributed by atoms with Crippen molar-refractivity contribution < 1.29 is 4.79 Å². The van der Waals surface area contributed by atoms with Crippen molar-refractivity contribution in [2.75, 3.05) is 18.4 Å². The van der Waals surface area contributed by atoms with E-state index in [1.54, 1.807) is 24.3 Å². The summed E-state index contributed by atoms with van der Waals surface area (Å²) in [5.74, 6) is -0.120. The maximum Gasteiger partial charge on any atom is 0.228 e. The van der Waals surface area contributed by atoms with E-state index in [1.807, 2.05) is 18.2 Å². The predicted molar refractivity (Wildman–Crippen MR) is 104 cm³/mol. The number of nitrogens with zero attached hydrogens (tertiary/aromatic N) is 2. The number of rotatable bonds is 4. The van der Waals surface area contributed by atoms with Gasteiger partial charge in [-0.3, -0.25) is 9.69 Å². The Balaban J connectivity index is 1.64. The van der Waals surface area contributed by atoms with Gasteiger partial charge in [-0.15, -0.1) is 0 Å². The van der Waals surface area contributed by atoms with E-state index in [0.29, 0.717) is 34.4 Å². The average Bonchev–Trinajstić information content (AvgIpc) is 2.65. The highest BCUT2D eigenvalue weighted by Gasteiger charge is 2.26. The minimum absolute atomic E-state index is 0.0185. The van der Waals surface area contributed by atoms with Crippen LogP contribution in [0.4, 0.5) is 5.69 Å². The standard InChI is InChI=1S/C20H19Cl2N3O/c21-18-7-2-8-19(22)17(18)13-25-9-3-5-15(12-25)20(26)24-16-6-1-4-14(10-16)11-23/h1-2,4,6-8,10,15H,3,5,9,12-13H2,(H,24,26)/t15-/m1/s1. The lowest BCUT2D eigenvalue weighted by Gasteiger charge is -2.32. The molecule has 0 bridgehead atoms. The number of anilines is 1. The number of halogens is 2. The first-order chi connectivity index (χ1) is 12.6. The van der Waals surface area contributed by atoms with E-state index in [1.165, 1.54) is 0 Å². The molecule has 1 fully saturated rings. The number of carbonyl (C=O) groups is 1. The summed E-state index contributed by atoms with van der Waals surface area (Å²) in [5.41, 5.74) is 2.08. The molecule has 1 heterocycles. The molecule has 1 aliphatic heterocycles. The molecule has 2 aromatic carbocycles. The van der Waals surface area contributed by atoms with Crippen molar-refractivity contribution in [2.24, 2.45) is 5.92 Å². The lowest BCUT2D eigenvalue weighted by molar-refractivity contribution is -0.121. The molecule has 26 heavy (non-hydrogen) atoms. The van der Waals surface area contributed by atoms with Crippen molar-refractivity contribution in [1.82, 2.24) is 4.90 Å². The summed E-state index contributed by atoms with van der Waals surface area (Å²) < 4.78 is 0. The molecule has 0 radical (unpaired) electrons. The molecule has 0 aliphatic carbocycles. The lowest BCUT2D eigenvalue weighted by Crippen LogP contribution is -2.40. The molecule has 6 heteroatoms. The SMILES string of the molecule is N#Cc1cccc(NC(=O)[C@@H]2CCCN(Cc3c(Cl)cccc3Cl)C2)c1. The first kappa shape index (κ1) is 18.7. The van der Waals surface area contributed by atoms with Gasteiger partial charge in [-0.1, -0.05) is 35.3 Å². The summed E-state index contributed by atoms with van der Waals surface area (Å²) in [6.45, 7) is 2.20.